The number of amides is 1. The van der Waals surface area contributed by atoms with E-state index in [1.54, 1.807) is 11.0 Å². The number of aliphatic carboxylic acids is 1. The molecular weight excluding hydrogens is 282 g/mol. The van der Waals surface area contributed by atoms with Gasteiger partial charge in [0.15, 0.2) is 0 Å². The van der Waals surface area contributed by atoms with Gasteiger partial charge >= 0.3 is 5.97 Å². The number of hydrogen-bond donors (Lipinski definition) is 1. The Morgan fingerprint density at radius 3 is 2.91 bits per heavy atom. The van der Waals surface area contributed by atoms with Crippen molar-refractivity contribution in [1.82, 2.24) is 9.78 Å². The van der Waals surface area contributed by atoms with Crippen LogP contribution in [0.2, 0.25) is 0 Å². The molecule has 1 N–H and O–H groups in total. The Labute approximate surface area is 128 Å². The summed E-state index contributed by atoms with van der Waals surface area (Å²) in [5.41, 5.74) is 3.54. The van der Waals surface area contributed by atoms with E-state index in [0.717, 1.165) is 24.1 Å². The van der Waals surface area contributed by atoms with E-state index in [-0.39, 0.29) is 12.5 Å². The summed E-state index contributed by atoms with van der Waals surface area (Å²) in [5.74, 6) is -1.23. The number of carbonyl (C=O) groups excluding carboxylic acids is 1. The third-order valence-electron chi connectivity index (χ3n) is 3.82. The van der Waals surface area contributed by atoms with E-state index in [4.69, 9.17) is 5.11 Å². The van der Waals surface area contributed by atoms with Gasteiger partial charge in [0.2, 0.25) is 0 Å². The molecule has 0 bridgehead atoms. The Bertz CT molecular complexity index is 736. The van der Waals surface area contributed by atoms with Gasteiger partial charge in [0.05, 0.1) is 0 Å². The third kappa shape index (κ3) is 2.59. The Morgan fingerprint density at radius 1 is 1.32 bits per heavy atom. The number of benzene rings is 1. The summed E-state index contributed by atoms with van der Waals surface area (Å²) in [4.78, 5) is 25.4. The van der Waals surface area contributed by atoms with E-state index in [9.17, 15) is 9.59 Å². The van der Waals surface area contributed by atoms with Crippen molar-refractivity contribution in [3.05, 3.63) is 47.3 Å². The summed E-state index contributed by atoms with van der Waals surface area (Å²) in [6, 6.07) is 7.61. The van der Waals surface area contributed by atoms with Crippen molar-refractivity contribution in [2.45, 2.75) is 26.3 Å². The van der Waals surface area contributed by atoms with Crippen molar-refractivity contribution in [2.24, 2.45) is 0 Å². The average molecular weight is 299 g/mol. The lowest BCUT2D eigenvalue weighted by Crippen LogP contribution is -2.37. The molecule has 1 aliphatic heterocycles. The molecule has 1 aromatic carbocycles. The predicted molar refractivity (Wildman–Crippen MR) is 81.0 cm³/mol. The quantitative estimate of drug-likeness (QED) is 0.938. The van der Waals surface area contributed by atoms with Gasteiger partial charge in [-0.25, -0.2) is 4.68 Å². The monoisotopic (exact) mass is 299 g/mol. The second kappa shape index (κ2) is 5.63. The minimum absolute atomic E-state index is 0.205. The number of hydrogen-bond acceptors (Lipinski definition) is 3. The van der Waals surface area contributed by atoms with Gasteiger partial charge in [0, 0.05) is 18.4 Å². The molecule has 0 fully saturated rings. The minimum Gasteiger partial charge on any atom is -0.480 e. The summed E-state index contributed by atoms with van der Waals surface area (Å²) in [5, 5.41) is 12.8. The summed E-state index contributed by atoms with van der Waals surface area (Å²) in [6.07, 6.45) is 3.31. The van der Waals surface area contributed by atoms with Gasteiger partial charge in [0.25, 0.3) is 5.91 Å². The van der Waals surface area contributed by atoms with E-state index in [1.165, 1.54) is 16.4 Å². The summed E-state index contributed by atoms with van der Waals surface area (Å²) in [7, 11) is 0. The van der Waals surface area contributed by atoms with Gasteiger partial charge in [0.1, 0.15) is 12.2 Å². The second-order valence-corrected chi connectivity index (χ2v) is 5.46. The Morgan fingerprint density at radius 2 is 2.14 bits per heavy atom. The fourth-order valence-corrected chi connectivity index (χ4v) is 2.84. The van der Waals surface area contributed by atoms with Crippen LogP contribution in [0.3, 0.4) is 0 Å². The molecule has 1 aliphatic rings. The average Bonchev–Trinajstić information content (AvgIpc) is 2.92. The highest BCUT2D eigenvalue weighted by Gasteiger charge is 2.26. The first kappa shape index (κ1) is 14.3. The SMILES string of the molecule is Cc1ccc2c(c1)CCCN2C(=O)c1ccnn1CC(=O)O. The van der Waals surface area contributed by atoms with Crippen LogP contribution in [-0.2, 0) is 17.8 Å². The minimum atomic E-state index is -1.02. The molecule has 0 saturated carbocycles. The highest BCUT2D eigenvalue weighted by Crippen LogP contribution is 2.29. The van der Waals surface area contributed by atoms with Gasteiger partial charge in [-0.15, -0.1) is 0 Å². The molecule has 1 aromatic heterocycles. The smallest absolute Gasteiger partial charge is 0.325 e. The molecule has 2 aromatic rings. The van der Waals surface area contributed by atoms with Gasteiger partial charge in [-0.05, 0) is 37.5 Å². The standard InChI is InChI=1S/C16H17N3O3/c1-11-4-5-13-12(9-11)3-2-8-18(13)16(22)14-6-7-17-19(14)10-15(20)21/h4-7,9H,2-3,8,10H2,1H3,(H,20,21). The summed E-state index contributed by atoms with van der Waals surface area (Å²) < 4.78 is 1.23. The van der Waals surface area contributed by atoms with Crippen molar-refractivity contribution < 1.29 is 14.7 Å². The number of carbonyl (C=O) groups is 2. The second-order valence-electron chi connectivity index (χ2n) is 5.46. The molecule has 0 spiro atoms. The van der Waals surface area contributed by atoms with Crippen LogP contribution in [-0.4, -0.2) is 33.3 Å². The Balaban J connectivity index is 1.94. The van der Waals surface area contributed by atoms with Crippen LogP contribution in [0.25, 0.3) is 0 Å². The van der Waals surface area contributed by atoms with Crippen molar-refractivity contribution in [3.8, 4) is 0 Å². The Kier molecular flexibility index (Phi) is 3.66. The van der Waals surface area contributed by atoms with Crippen LogP contribution in [0.4, 0.5) is 5.69 Å². The zero-order valence-electron chi connectivity index (χ0n) is 12.3. The van der Waals surface area contributed by atoms with E-state index < -0.39 is 5.97 Å². The topological polar surface area (TPSA) is 75.4 Å². The molecular formula is C16H17N3O3. The summed E-state index contributed by atoms with van der Waals surface area (Å²) in [6.45, 7) is 2.35. The summed E-state index contributed by atoms with van der Waals surface area (Å²) >= 11 is 0. The molecule has 6 heteroatoms. The van der Waals surface area contributed by atoms with Crippen molar-refractivity contribution in [3.63, 3.8) is 0 Å². The fourth-order valence-electron chi connectivity index (χ4n) is 2.84. The number of aryl methyl sites for hydroxylation is 2. The molecule has 1 amide bonds. The molecule has 0 atom stereocenters. The maximum atomic E-state index is 12.8. The molecule has 22 heavy (non-hydrogen) atoms. The third-order valence-corrected chi connectivity index (χ3v) is 3.82. The van der Waals surface area contributed by atoms with Crippen LogP contribution in [0.1, 0.15) is 28.0 Å². The van der Waals surface area contributed by atoms with E-state index in [1.807, 2.05) is 19.1 Å². The van der Waals surface area contributed by atoms with Crippen LogP contribution in [0.15, 0.2) is 30.5 Å². The first-order chi connectivity index (χ1) is 10.6. The zero-order valence-corrected chi connectivity index (χ0v) is 12.3. The highest BCUT2D eigenvalue weighted by atomic mass is 16.4. The Hall–Kier alpha value is -2.63. The number of fused-ring (bicyclic) bond motifs is 1. The molecule has 0 unspecified atom stereocenters. The van der Waals surface area contributed by atoms with Crippen LogP contribution < -0.4 is 4.90 Å². The van der Waals surface area contributed by atoms with Crippen LogP contribution >= 0.6 is 0 Å². The number of nitrogens with zero attached hydrogens (tertiary/aromatic N) is 3. The highest BCUT2D eigenvalue weighted by molar-refractivity contribution is 6.05. The largest absolute Gasteiger partial charge is 0.480 e. The van der Waals surface area contributed by atoms with E-state index in [0.29, 0.717) is 12.2 Å². The molecule has 0 aliphatic carbocycles. The number of carboxylic acids is 1. The fraction of sp³-hybridized carbons (Fsp3) is 0.312. The van der Waals surface area contributed by atoms with Gasteiger partial charge in [-0.3, -0.25) is 9.59 Å². The molecule has 3 rings (SSSR count). The van der Waals surface area contributed by atoms with Crippen molar-refractivity contribution in [1.29, 1.82) is 0 Å². The first-order valence-corrected chi connectivity index (χ1v) is 7.21. The predicted octanol–water partition coefficient (Wildman–Crippen LogP) is 1.87. The number of aromatic nitrogens is 2. The van der Waals surface area contributed by atoms with Crippen molar-refractivity contribution in [2.75, 3.05) is 11.4 Å². The lowest BCUT2D eigenvalue weighted by Gasteiger charge is -2.29. The normalized spacial score (nSPS) is 13.8. The lowest BCUT2D eigenvalue weighted by molar-refractivity contribution is -0.137. The lowest BCUT2D eigenvalue weighted by atomic mass is 9.99. The molecule has 114 valence electrons. The van der Waals surface area contributed by atoms with Gasteiger partial charge in [-0.2, -0.15) is 5.10 Å². The molecule has 0 saturated heterocycles. The van der Waals surface area contributed by atoms with Gasteiger partial charge in [-0.1, -0.05) is 17.7 Å². The molecule has 2 heterocycles. The number of carboxylic acid groups (broad SMARTS) is 1. The maximum absolute atomic E-state index is 12.8. The number of anilines is 1. The van der Waals surface area contributed by atoms with Gasteiger partial charge < -0.3 is 10.0 Å². The zero-order chi connectivity index (χ0) is 15.7. The molecule has 0 radical (unpaired) electrons. The van der Waals surface area contributed by atoms with Crippen LogP contribution in [0.5, 0.6) is 0 Å². The first-order valence-electron chi connectivity index (χ1n) is 7.21. The van der Waals surface area contributed by atoms with E-state index >= 15 is 0 Å². The van der Waals surface area contributed by atoms with Crippen molar-refractivity contribution >= 4 is 17.6 Å². The number of rotatable bonds is 3. The molecule has 6 nitrogen and oxygen atoms in total. The van der Waals surface area contributed by atoms with E-state index in [2.05, 4.69) is 11.2 Å². The van der Waals surface area contributed by atoms with Crippen LogP contribution in [0, 0.1) is 6.92 Å². The maximum Gasteiger partial charge on any atom is 0.325 e.